The minimum atomic E-state index is -0.864. The second-order valence-corrected chi connectivity index (χ2v) is 4.74. The highest BCUT2D eigenvalue weighted by atomic mass is 79.9. The summed E-state index contributed by atoms with van der Waals surface area (Å²) in [4.78, 5) is 11.8. The van der Waals surface area contributed by atoms with Crippen LogP contribution in [-0.4, -0.2) is 12.6 Å². The number of esters is 1. The normalized spacial score (nSPS) is 11.3. The van der Waals surface area contributed by atoms with Gasteiger partial charge in [-0.15, -0.1) is 0 Å². The van der Waals surface area contributed by atoms with Crippen molar-refractivity contribution in [3.63, 3.8) is 0 Å². The van der Waals surface area contributed by atoms with E-state index in [-0.39, 0.29) is 11.8 Å². The molecule has 0 aliphatic carbocycles. The first-order valence-electron chi connectivity index (χ1n) is 5.03. The first-order valence-corrected chi connectivity index (χ1v) is 5.82. The fourth-order valence-corrected chi connectivity index (χ4v) is 2.17. The fraction of sp³-hybridized carbons (Fsp3) is 0.417. The van der Waals surface area contributed by atoms with Crippen molar-refractivity contribution in [1.82, 2.24) is 0 Å². The standard InChI is InChI=1S/C12H14BrFO2/c1-4-16-11(15)12(2,3)8-6-5-7-9(14)10(8)13/h5-7H,4H2,1-3H3. The lowest BCUT2D eigenvalue weighted by atomic mass is 9.85. The molecule has 0 heterocycles. The summed E-state index contributed by atoms with van der Waals surface area (Å²) in [5.74, 6) is -0.740. The fourth-order valence-electron chi connectivity index (χ4n) is 1.41. The van der Waals surface area contributed by atoms with Crippen molar-refractivity contribution in [2.24, 2.45) is 0 Å². The molecule has 0 aliphatic heterocycles. The van der Waals surface area contributed by atoms with Crippen LogP contribution in [0.1, 0.15) is 26.3 Å². The van der Waals surface area contributed by atoms with Gasteiger partial charge in [-0.3, -0.25) is 4.79 Å². The van der Waals surface area contributed by atoms with Crippen LogP contribution < -0.4 is 0 Å². The number of hydrogen-bond donors (Lipinski definition) is 0. The molecular weight excluding hydrogens is 275 g/mol. The zero-order valence-corrected chi connectivity index (χ0v) is 11.1. The van der Waals surface area contributed by atoms with Gasteiger partial charge >= 0.3 is 5.97 Å². The summed E-state index contributed by atoms with van der Waals surface area (Å²) in [6.45, 7) is 5.48. The van der Waals surface area contributed by atoms with Crippen molar-refractivity contribution < 1.29 is 13.9 Å². The van der Waals surface area contributed by atoms with E-state index in [1.54, 1.807) is 32.9 Å². The summed E-state index contributed by atoms with van der Waals surface area (Å²) < 4.78 is 18.6. The lowest BCUT2D eigenvalue weighted by Crippen LogP contribution is -2.31. The van der Waals surface area contributed by atoms with Gasteiger partial charge in [0.15, 0.2) is 0 Å². The van der Waals surface area contributed by atoms with E-state index in [9.17, 15) is 9.18 Å². The van der Waals surface area contributed by atoms with Crippen molar-refractivity contribution in [3.8, 4) is 0 Å². The molecule has 0 fully saturated rings. The maximum absolute atomic E-state index is 13.4. The Morgan fingerprint density at radius 1 is 1.50 bits per heavy atom. The second kappa shape index (κ2) is 4.95. The molecule has 4 heteroatoms. The summed E-state index contributed by atoms with van der Waals surface area (Å²) in [7, 11) is 0. The topological polar surface area (TPSA) is 26.3 Å². The van der Waals surface area contributed by atoms with Crippen molar-refractivity contribution in [3.05, 3.63) is 34.1 Å². The van der Waals surface area contributed by atoms with E-state index < -0.39 is 5.41 Å². The van der Waals surface area contributed by atoms with E-state index in [0.29, 0.717) is 16.6 Å². The Labute approximate surface area is 103 Å². The van der Waals surface area contributed by atoms with Crippen LogP contribution in [0.2, 0.25) is 0 Å². The van der Waals surface area contributed by atoms with Gasteiger partial charge in [-0.1, -0.05) is 12.1 Å². The Bertz CT molecular complexity index is 402. The molecule has 0 amide bonds. The molecular formula is C12H14BrFO2. The summed E-state index contributed by atoms with van der Waals surface area (Å²) in [6, 6.07) is 4.63. The van der Waals surface area contributed by atoms with E-state index in [0.717, 1.165) is 0 Å². The lowest BCUT2D eigenvalue weighted by Gasteiger charge is -2.24. The van der Waals surface area contributed by atoms with E-state index in [4.69, 9.17) is 4.74 Å². The predicted molar refractivity (Wildman–Crippen MR) is 63.8 cm³/mol. The maximum atomic E-state index is 13.4. The number of carbonyl (C=O) groups excluding carboxylic acids is 1. The van der Waals surface area contributed by atoms with Crippen LogP contribution in [0, 0.1) is 5.82 Å². The van der Waals surface area contributed by atoms with Gasteiger partial charge in [0.2, 0.25) is 0 Å². The van der Waals surface area contributed by atoms with Crippen LogP contribution in [0.15, 0.2) is 22.7 Å². The van der Waals surface area contributed by atoms with Crippen molar-refractivity contribution in [2.45, 2.75) is 26.2 Å². The zero-order valence-electron chi connectivity index (χ0n) is 9.51. The van der Waals surface area contributed by atoms with E-state index >= 15 is 0 Å². The quantitative estimate of drug-likeness (QED) is 0.797. The third-order valence-corrected chi connectivity index (χ3v) is 3.22. The van der Waals surface area contributed by atoms with Crippen LogP contribution in [0.25, 0.3) is 0 Å². The smallest absolute Gasteiger partial charge is 0.316 e. The van der Waals surface area contributed by atoms with E-state index in [2.05, 4.69) is 15.9 Å². The number of rotatable bonds is 3. The van der Waals surface area contributed by atoms with Gasteiger partial charge < -0.3 is 4.74 Å². The Morgan fingerprint density at radius 2 is 2.12 bits per heavy atom. The average molecular weight is 289 g/mol. The molecule has 0 radical (unpaired) electrons. The van der Waals surface area contributed by atoms with Gasteiger partial charge in [0.05, 0.1) is 16.5 Å². The number of halogens is 2. The highest BCUT2D eigenvalue weighted by Crippen LogP contribution is 2.32. The van der Waals surface area contributed by atoms with Gasteiger partial charge in [0.1, 0.15) is 5.82 Å². The third kappa shape index (κ3) is 2.43. The molecule has 1 aromatic rings. The maximum Gasteiger partial charge on any atom is 0.316 e. The SMILES string of the molecule is CCOC(=O)C(C)(C)c1cccc(F)c1Br. The molecule has 88 valence electrons. The van der Waals surface area contributed by atoms with Crippen LogP contribution in [-0.2, 0) is 14.9 Å². The van der Waals surface area contributed by atoms with Gasteiger partial charge in [0.25, 0.3) is 0 Å². The Kier molecular flexibility index (Phi) is 4.08. The number of ether oxygens (including phenoxy) is 1. The minimum Gasteiger partial charge on any atom is -0.465 e. The Balaban J connectivity index is 3.16. The summed E-state index contributed by atoms with van der Waals surface area (Å²) in [5, 5.41) is 0. The summed E-state index contributed by atoms with van der Waals surface area (Å²) in [5.41, 5.74) is -0.275. The summed E-state index contributed by atoms with van der Waals surface area (Å²) >= 11 is 3.15. The monoisotopic (exact) mass is 288 g/mol. The first kappa shape index (κ1) is 13.2. The molecule has 0 aliphatic rings. The second-order valence-electron chi connectivity index (χ2n) is 3.95. The molecule has 0 aromatic heterocycles. The molecule has 1 rings (SSSR count). The zero-order chi connectivity index (χ0) is 12.3. The molecule has 0 N–H and O–H groups in total. The van der Waals surface area contributed by atoms with Crippen LogP contribution in [0.3, 0.4) is 0 Å². The van der Waals surface area contributed by atoms with Crippen molar-refractivity contribution >= 4 is 21.9 Å². The minimum absolute atomic E-state index is 0.313. The molecule has 0 saturated carbocycles. The van der Waals surface area contributed by atoms with E-state index in [1.165, 1.54) is 6.07 Å². The number of hydrogen-bond acceptors (Lipinski definition) is 2. The van der Waals surface area contributed by atoms with Gasteiger partial charge in [0, 0.05) is 0 Å². The van der Waals surface area contributed by atoms with Gasteiger partial charge in [-0.2, -0.15) is 0 Å². The molecule has 0 unspecified atom stereocenters. The largest absolute Gasteiger partial charge is 0.465 e. The molecule has 0 saturated heterocycles. The van der Waals surface area contributed by atoms with Gasteiger partial charge in [-0.05, 0) is 48.3 Å². The molecule has 0 spiro atoms. The van der Waals surface area contributed by atoms with E-state index in [1.807, 2.05) is 0 Å². The Hall–Kier alpha value is -0.900. The third-order valence-electron chi connectivity index (χ3n) is 2.41. The molecule has 1 aromatic carbocycles. The highest BCUT2D eigenvalue weighted by molar-refractivity contribution is 9.10. The van der Waals surface area contributed by atoms with Crippen LogP contribution >= 0.6 is 15.9 Å². The summed E-state index contributed by atoms with van der Waals surface area (Å²) in [6.07, 6.45) is 0. The Morgan fingerprint density at radius 3 is 2.69 bits per heavy atom. The highest BCUT2D eigenvalue weighted by Gasteiger charge is 2.33. The number of benzene rings is 1. The molecule has 0 bridgehead atoms. The predicted octanol–water partition coefficient (Wildman–Crippen LogP) is 3.43. The van der Waals surface area contributed by atoms with Crippen molar-refractivity contribution in [1.29, 1.82) is 0 Å². The van der Waals surface area contributed by atoms with Crippen LogP contribution in [0.5, 0.6) is 0 Å². The molecule has 16 heavy (non-hydrogen) atoms. The van der Waals surface area contributed by atoms with Crippen LogP contribution in [0.4, 0.5) is 4.39 Å². The number of carbonyl (C=O) groups is 1. The first-order chi connectivity index (χ1) is 7.41. The van der Waals surface area contributed by atoms with Crippen molar-refractivity contribution in [2.75, 3.05) is 6.61 Å². The lowest BCUT2D eigenvalue weighted by molar-refractivity contribution is -0.148. The van der Waals surface area contributed by atoms with Gasteiger partial charge in [-0.25, -0.2) is 4.39 Å². The molecule has 2 nitrogen and oxygen atoms in total. The molecule has 0 atom stereocenters. The average Bonchev–Trinajstić information content (AvgIpc) is 2.22.